The first-order valence-electron chi connectivity index (χ1n) is 8.46. The highest BCUT2D eigenvalue weighted by molar-refractivity contribution is 8.14. The molecule has 142 valence electrons. The van der Waals surface area contributed by atoms with Gasteiger partial charge in [-0.25, -0.2) is 8.42 Å². The smallest absolute Gasteiger partial charge is 0.273 e. The van der Waals surface area contributed by atoms with Crippen LogP contribution in [0, 0.1) is 0 Å². The highest BCUT2D eigenvalue weighted by Crippen LogP contribution is 2.33. The number of thioether (sulfide) groups is 1. The molecule has 6 nitrogen and oxygen atoms in total. The lowest BCUT2D eigenvalue weighted by atomic mass is 10.2. The number of hydrogen-bond donors (Lipinski definition) is 1. The Hall–Kier alpha value is -1.81. The van der Waals surface area contributed by atoms with Crippen molar-refractivity contribution in [1.82, 2.24) is 4.98 Å². The number of para-hydroxylation sites is 1. The van der Waals surface area contributed by atoms with Gasteiger partial charge in [0.25, 0.3) is 10.0 Å². The molecule has 0 atom stereocenters. The lowest BCUT2D eigenvalue weighted by Gasteiger charge is -2.24. The number of H-pyrrole nitrogens is 1. The molecule has 0 saturated carbocycles. The van der Waals surface area contributed by atoms with Crippen LogP contribution in [0.2, 0.25) is 0 Å². The zero-order valence-electron chi connectivity index (χ0n) is 14.7. The maximum atomic E-state index is 13.2. The predicted octanol–water partition coefficient (Wildman–Crippen LogP) is 3.56. The number of nitrogens with one attached hydrogen (secondary N) is 1. The van der Waals surface area contributed by atoms with Crippen LogP contribution in [-0.4, -0.2) is 51.0 Å². The summed E-state index contributed by atoms with van der Waals surface area (Å²) in [5.41, 5.74) is 2.34. The van der Waals surface area contributed by atoms with Crippen molar-refractivity contribution in [3.8, 4) is 0 Å². The molecule has 3 aromatic rings. The molecule has 3 heterocycles. The van der Waals surface area contributed by atoms with E-state index in [1.165, 1.54) is 15.6 Å². The maximum Gasteiger partial charge on any atom is 0.273 e. The number of thiophene rings is 1. The van der Waals surface area contributed by atoms with E-state index in [1.54, 1.807) is 36.4 Å². The van der Waals surface area contributed by atoms with Crippen LogP contribution in [0.5, 0.6) is 0 Å². The van der Waals surface area contributed by atoms with Gasteiger partial charge in [0.15, 0.2) is 0 Å². The molecule has 4 rings (SSSR count). The van der Waals surface area contributed by atoms with Gasteiger partial charge < -0.3 is 9.72 Å². The van der Waals surface area contributed by atoms with Gasteiger partial charge in [-0.05, 0) is 23.6 Å². The van der Waals surface area contributed by atoms with Gasteiger partial charge in [-0.3, -0.25) is 9.30 Å². The summed E-state index contributed by atoms with van der Waals surface area (Å²) >= 11 is 2.93. The van der Waals surface area contributed by atoms with Crippen molar-refractivity contribution in [2.45, 2.75) is 4.21 Å². The molecule has 0 saturated heterocycles. The average Bonchev–Trinajstić information content (AvgIpc) is 3.42. The molecule has 0 spiro atoms. The average molecular weight is 422 g/mol. The number of aliphatic imine (C=N–C) groups is 1. The number of aromatic amines is 1. The van der Waals surface area contributed by atoms with Gasteiger partial charge in [-0.1, -0.05) is 18.2 Å². The fraction of sp³-hybridized carbons (Fsp3) is 0.278. The molecule has 1 aliphatic rings. The van der Waals surface area contributed by atoms with Gasteiger partial charge in [-0.2, -0.15) is 0 Å². The van der Waals surface area contributed by atoms with Gasteiger partial charge in [-0.15, -0.1) is 23.1 Å². The lowest BCUT2D eigenvalue weighted by Crippen LogP contribution is -2.33. The number of aromatic nitrogens is 1. The number of hydrogen-bond acceptors (Lipinski definition) is 6. The van der Waals surface area contributed by atoms with Crippen molar-refractivity contribution in [2.75, 3.05) is 36.9 Å². The summed E-state index contributed by atoms with van der Waals surface area (Å²) in [6, 6.07) is 11.1. The van der Waals surface area contributed by atoms with Crippen LogP contribution in [0.3, 0.4) is 0 Å². The molecule has 0 bridgehead atoms. The summed E-state index contributed by atoms with van der Waals surface area (Å²) in [6.07, 6.45) is 0. The molecule has 0 aliphatic carbocycles. The first-order valence-corrected chi connectivity index (χ1v) is 11.8. The minimum atomic E-state index is -3.67. The topological polar surface area (TPSA) is 74.8 Å². The molecule has 9 heteroatoms. The Morgan fingerprint density at radius 1 is 1.30 bits per heavy atom. The highest BCUT2D eigenvalue weighted by atomic mass is 32.2. The molecular weight excluding hydrogens is 402 g/mol. The zero-order valence-corrected chi connectivity index (χ0v) is 17.2. The van der Waals surface area contributed by atoms with E-state index in [0.29, 0.717) is 16.5 Å². The van der Waals surface area contributed by atoms with Gasteiger partial charge in [0.05, 0.1) is 30.0 Å². The van der Waals surface area contributed by atoms with E-state index in [-0.39, 0.29) is 6.54 Å². The van der Waals surface area contributed by atoms with E-state index in [1.807, 2.05) is 24.3 Å². The number of ether oxygens (including phenoxy) is 1. The zero-order chi connectivity index (χ0) is 18.9. The van der Waals surface area contributed by atoms with Crippen LogP contribution < -0.4 is 4.31 Å². The molecule has 0 amide bonds. The van der Waals surface area contributed by atoms with Crippen LogP contribution in [0.15, 0.2) is 51.0 Å². The molecular formula is C18H19N3O3S3. The number of nitrogens with zero attached hydrogens (tertiary/aromatic N) is 2. The first-order chi connectivity index (χ1) is 13.1. The molecule has 2 aromatic heterocycles. The van der Waals surface area contributed by atoms with Crippen molar-refractivity contribution in [3.05, 3.63) is 47.5 Å². The van der Waals surface area contributed by atoms with Gasteiger partial charge in [0.1, 0.15) is 9.25 Å². The molecule has 27 heavy (non-hydrogen) atoms. The van der Waals surface area contributed by atoms with Crippen molar-refractivity contribution in [1.29, 1.82) is 0 Å². The summed E-state index contributed by atoms with van der Waals surface area (Å²) in [4.78, 5) is 7.90. The summed E-state index contributed by atoms with van der Waals surface area (Å²) in [7, 11) is -2.10. The number of methoxy groups -OCH3 is 1. The van der Waals surface area contributed by atoms with Gasteiger partial charge >= 0.3 is 0 Å². The van der Waals surface area contributed by atoms with Crippen LogP contribution >= 0.6 is 23.1 Å². The third-order valence-electron chi connectivity index (χ3n) is 4.26. The molecule has 0 unspecified atom stereocenters. The Balaban J connectivity index is 1.83. The quantitative estimate of drug-likeness (QED) is 0.633. The fourth-order valence-corrected chi connectivity index (χ4v) is 6.41. The minimum absolute atomic E-state index is 0.236. The third-order valence-corrected chi connectivity index (χ3v) is 8.45. The Bertz CT molecular complexity index is 1070. The molecule has 0 radical (unpaired) electrons. The monoisotopic (exact) mass is 421 g/mol. The number of anilines is 1. The first kappa shape index (κ1) is 18.5. The van der Waals surface area contributed by atoms with E-state index >= 15 is 0 Å². The fourth-order valence-electron chi connectivity index (χ4n) is 3.02. The highest BCUT2D eigenvalue weighted by Gasteiger charge is 2.28. The predicted molar refractivity (Wildman–Crippen MR) is 113 cm³/mol. The number of sulfonamides is 1. The lowest BCUT2D eigenvalue weighted by molar-refractivity contribution is 0.208. The van der Waals surface area contributed by atoms with Crippen LogP contribution in [0.4, 0.5) is 5.69 Å². The Labute approximate surface area is 166 Å². The largest absolute Gasteiger partial charge is 0.383 e. The molecule has 1 aromatic carbocycles. The Morgan fingerprint density at radius 3 is 2.89 bits per heavy atom. The molecule has 1 N–H and O–H groups in total. The third kappa shape index (κ3) is 3.52. The van der Waals surface area contributed by atoms with Gasteiger partial charge in [0, 0.05) is 24.8 Å². The second kappa shape index (κ2) is 7.67. The van der Waals surface area contributed by atoms with E-state index in [2.05, 4.69) is 9.98 Å². The Morgan fingerprint density at radius 2 is 2.19 bits per heavy atom. The second-order valence-electron chi connectivity index (χ2n) is 5.96. The van der Waals surface area contributed by atoms with E-state index < -0.39 is 10.0 Å². The van der Waals surface area contributed by atoms with Crippen molar-refractivity contribution >= 4 is 54.8 Å². The Kier molecular flexibility index (Phi) is 5.27. The van der Waals surface area contributed by atoms with E-state index in [4.69, 9.17) is 4.74 Å². The number of benzene rings is 1. The van der Waals surface area contributed by atoms with Crippen molar-refractivity contribution in [3.63, 3.8) is 0 Å². The standard InChI is InChI=1S/C18H19N3O3S3/c1-24-9-8-21(27(22,23)16-6-3-10-25-16)15-5-2-4-13-12-14(20-17(13)15)18-19-7-11-26-18/h2-6,10,12,20H,7-9,11H2,1H3. The molecule has 1 aliphatic heterocycles. The van der Waals surface area contributed by atoms with Crippen molar-refractivity contribution in [2.24, 2.45) is 4.99 Å². The minimum Gasteiger partial charge on any atom is -0.383 e. The van der Waals surface area contributed by atoms with Crippen LogP contribution in [0.1, 0.15) is 5.69 Å². The summed E-state index contributed by atoms with van der Waals surface area (Å²) in [5, 5.41) is 3.70. The number of fused-ring (bicyclic) bond motifs is 1. The van der Waals surface area contributed by atoms with Crippen molar-refractivity contribution < 1.29 is 13.2 Å². The van der Waals surface area contributed by atoms with Crippen LogP contribution in [-0.2, 0) is 14.8 Å². The van der Waals surface area contributed by atoms with E-state index in [9.17, 15) is 8.42 Å². The number of rotatable bonds is 7. The SMILES string of the molecule is COCCN(c1cccc2cc(C3=NCCS3)[nH]c12)S(=O)(=O)c1cccs1. The second-order valence-corrected chi connectivity index (χ2v) is 10.1. The van der Waals surface area contributed by atoms with E-state index in [0.717, 1.165) is 33.9 Å². The maximum absolute atomic E-state index is 13.2. The summed E-state index contributed by atoms with van der Waals surface area (Å²) < 4.78 is 33.4. The van der Waals surface area contributed by atoms with Gasteiger partial charge in [0.2, 0.25) is 0 Å². The van der Waals surface area contributed by atoms with Crippen LogP contribution in [0.25, 0.3) is 10.9 Å². The normalized spacial score (nSPS) is 14.6. The molecule has 0 fully saturated rings. The summed E-state index contributed by atoms with van der Waals surface area (Å²) in [5.74, 6) is 0.976. The summed E-state index contributed by atoms with van der Waals surface area (Å²) in [6.45, 7) is 1.35.